The van der Waals surface area contributed by atoms with Crippen molar-refractivity contribution in [3.8, 4) is 11.5 Å². The molecule has 0 radical (unpaired) electrons. The minimum atomic E-state index is -0.528. The van der Waals surface area contributed by atoms with Crippen molar-refractivity contribution in [1.29, 1.82) is 0 Å². The molecular formula is C20H22ClNO5. The van der Waals surface area contributed by atoms with Crippen LogP contribution in [-0.2, 0) is 20.7 Å². The van der Waals surface area contributed by atoms with Gasteiger partial charge in [-0.2, -0.15) is 0 Å². The summed E-state index contributed by atoms with van der Waals surface area (Å²) in [7, 11) is 0. The number of hydrogen-bond donors (Lipinski definition) is 1. The molecule has 0 saturated heterocycles. The number of esters is 1. The minimum absolute atomic E-state index is 0.00446. The number of rotatable bonds is 9. The van der Waals surface area contributed by atoms with E-state index in [0.717, 1.165) is 0 Å². The number of halogens is 1. The Labute approximate surface area is 163 Å². The Hall–Kier alpha value is -2.73. The van der Waals surface area contributed by atoms with Crippen LogP contribution >= 0.6 is 11.6 Å². The Morgan fingerprint density at radius 1 is 1.00 bits per heavy atom. The molecule has 0 heterocycles. The number of benzene rings is 2. The lowest BCUT2D eigenvalue weighted by atomic mass is 10.1. The lowest BCUT2D eigenvalue weighted by Gasteiger charge is -2.13. The van der Waals surface area contributed by atoms with Crippen LogP contribution in [0.1, 0.15) is 19.4 Å². The molecule has 0 fully saturated rings. The maximum atomic E-state index is 12.0. The van der Waals surface area contributed by atoms with Crippen molar-refractivity contribution < 1.29 is 23.8 Å². The zero-order valence-corrected chi connectivity index (χ0v) is 16.0. The van der Waals surface area contributed by atoms with E-state index in [-0.39, 0.29) is 13.0 Å². The molecule has 0 atom stereocenters. The first kappa shape index (κ1) is 20.6. The van der Waals surface area contributed by atoms with Crippen molar-refractivity contribution in [2.45, 2.75) is 20.3 Å². The van der Waals surface area contributed by atoms with Crippen LogP contribution in [0.3, 0.4) is 0 Å². The molecule has 0 aromatic heterocycles. The van der Waals surface area contributed by atoms with E-state index >= 15 is 0 Å². The normalized spacial score (nSPS) is 10.2. The lowest BCUT2D eigenvalue weighted by molar-refractivity contribution is -0.146. The standard InChI is InChI=1S/C20H22ClNO5/c1-3-25-17-10-9-15(12-18(17)26-4-2)22-19(23)13-27-20(24)11-14-7-5-6-8-16(14)21/h5-10,12H,3-4,11,13H2,1-2H3,(H,22,23). The van der Waals surface area contributed by atoms with Crippen LogP contribution in [0.4, 0.5) is 5.69 Å². The van der Waals surface area contributed by atoms with Crippen molar-refractivity contribution in [3.63, 3.8) is 0 Å². The second-order valence-corrected chi connectivity index (χ2v) is 5.91. The van der Waals surface area contributed by atoms with Crippen molar-refractivity contribution in [2.24, 2.45) is 0 Å². The fourth-order valence-electron chi connectivity index (χ4n) is 2.32. The van der Waals surface area contributed by atoms with Crippen molar-refractivity contribution in [3.05, 3.63) is 53.1 Å². The van der Waals surface area contributed by atoms with E-state index < -0.39 is 11.9 Å². The average Bonchev–Trinajstić information content (AvgIpc) is 2.64. The highest BCUT2D eigenvalue weighted by Crippen LogP contribution is 2.30. The van der Waals surface area contributed by atoms with Crippen LogP contribution < -0.4 is 14.8 Å². The van der Waals surface area contributed by atoms with Gasteiger partial charge >= 0.3 is 5.97 Å². The Kier molecular flexibility index (Phi) is 7.95. The summed E-state index contributed by atoms with van der Waals surface area (Å²) in [6.07, 6.45) is 0.00446. The second-order valence-electron chi connectivity index (χ2n) is 5.50. The minimum Gasteiger partial charge on any atom is -0.490 e. The molecule has 27 heavy (non-hydrogen) atoms. The van der Waals surface area contributed by atoms with E-state index in [1.54, 1.807) is 42.5 Å². The molecule has 0 spiro atoms. The molecule has 0 aliphatic heterocycles. The summed E-state index contributed by atoms with van der Waals surface area (Å²) in [4.78, 5) is 23.9. The van der Waals surface area contributed by atoms with Crippen LogP contribution in [0.15, 0.2) is 42.5 Å². The quantitative estimate of drug-likeness (QED) is 0.657. The number of amides is 1. The number of carbonyl (C=O) groups excluding carboxylic acids is 2. The van der Waals surface area contributed by atoms with Gasteiger partial charge < -0.3 is 19.5 Å². The molecule has 2 aromatic carbocycles. The second kappa shape index (κ2) is 10.4. The highest BCUT2D eigenvalue weighted by molar-refractivity contribution is 6.31. The van der Waals surface area contributed by atoms with Gasteiger partial charge in [0, 0.05) is 16.8 Å². The zero-order valence-electron chi connectivity index (χ0n) is 15.3. The Morgan fingerprint density at radius 2 is 1.70 bits per heavy atom. The smallest absolute Gasteiger partial charge is 0.310 e. The SMILES string of the molecule is CCOc1ccc(NC(=O)COC(=O)Cc2ccccc2Cl)cc1OCC. The van der Waals surface area contributed by atoms with Gasteiger partial charge in [-0.25, -0.2) is 0 Å². The van der Waals surface area contributed by atoms with E-state index in [1.165, 1.54) is 0 Å². The van der Waals surface area contributed by atoms with Gasteiger partial charge in [-0.3, -0.25) is 9.59 Å². The average molecular weight is 392 g/mol. The van der Waals surface area contributed by atoms with Gasteiger partial charge in [-0.1, -0.05) is 29.8 Å². The topological polar surface area (TPSA) is 73.9 Å². The monoisotopic (exact) mass is 391 g/mol. The van der Waals surface area contributed by atoms with E-state index in [0.29, 0.717) is 41.0 Å². The van der Waals surface area contributed by atoms with Crippen LogP contribution in [0.5, 0.6) is 11.5 Å². The third-order valence-corrected chi connectivity index (χ3v) is 3.85. The third kappa shape index (κ3) is 6.49. The van der Waals surface area contributed by atoms with Crippen molar-refractivity contribution in [2.75, 3.05) is 25.1 Å². The predicted octanol–water partition coefficient (Wildman–Crippen LogP) is 3.86. The fourth-order valence-corrected chi connectivity index (χ4v) is 2.52. The summed E-state index contributed by atoms with van der Waals surface area (Å²) >= 11 is 6.00. The molecular weight excluding hydrogens is 370 g/mol. The summed E-state index contributed by atoms with van der Waals surface area (Å²) in [5.41, 5.74) is 1.17. The molecule has 2 rings (SSSR count). The Balaban J connectivity index is 1.88. The molecule has 0 saturated carbocycles. The molecule has 6 nitrogen and oxygen atoms in total. The van der Waals surface area contributed by atoms with Gasteiger partial charge in [-0.15, -0.1) is 0 Å². The molecule has 0 unspecified atom stereocenters. The Bertz CT molecular complexity index is 794. The van der Waals surface area contributed by atoms with Gasteiger partial charge in [0.1, 0.15) is 0 Å². The van der Waals surface area contributed by atoms with Crippen LogP contribution in [0.2, 0.25) is 5.02 Å². The molecule has 0 bridgehead atoms. The molecule has 144 valence electrons. The summed E-state index contributed by atoms with van der Waals surface area (Å²) < 4.78 is 16.0. The first-order valence-corrected chi connectivity index (χ1v) is 8.99. The summed E-state index contributed by atoms with van der Waals surface area (Å²) in [6, 6.07) is 12.1. The Morgan fingerprint density at radius 3 is 2.41 bits per heavy atom. The van der Waals surface area contributed by atoms with Crippen LogP contribution in [-0.4, -0.2) is 31.7 Å². The van der Waals surface area contributed by atoms with Crippen LogP contribution in [0.25, 0.3) is 0 Å². The fraction of sp³-hybridized carbons (Fsp3) is 0.300. The van der Waals surface area contributed by atoms with Crippen LogP contribution in [0, 0.1) is 0 Å². The predicted molar refractivity (Wildman–Crippen MR) is 104 cm³/mol. The number of anilines is 1. The summed E-state index contributed by atoms with van der Waals surface area (Å²) in [5.74, 6) is 0.158. The van der Waals surface area contributed by atoms with Gasteiger partial charge in [0.25, 0.3) is 5.91 Å². The number of ether oxygens (including phenoxy) is 3. The van der Waals surface area contributed by atoms with E-state index in [9.17, 15) is 9.59 Å². The first-order valence-electron chi connectivity index (χ1n) is 8.62. The van der Waals surface area contributed by atoms with Gasteiger partial charge in [0.05, 0.1) is 19.6 Å². The van der Waals surface area contributed by atoms with E-state index in [4.69, 9.17) is 25.8 Å². The molecule has 1 N–H and O–H groups in total. The molecule has 2 aromatic rings. The lowest BCUT2D eigenvalue weighted by Crippen LogP contribution is -2.21. The van der Waals surface area contributed by atoms with Gasteiger partial charge in [-0.05, 0) is 37.6 Å². The molecule has 0 aliphatic rings. The maximum Gasteiger partial charge on any atom is 0.310 e. The summed E-state index contributed by atoms with van der Waals surface area (Å²) in [5, 5.41) is 3.15. The van der Waals surface area contributed by atoms with Gasteiger partial charge in [0.15, 0.2) is 18.1 Å². The summed E-state index contributed by atoms with van der Waals surface area (Å²) in [6.45, 7) is 4.33. The molecule has 1 amide bonds. The third-order valence-electron chi connectivity index (χ3n) is 3.48. The number of hydrogen-bond acceptors (Lipinski definition) is 5. The first-order chi connectivity index (χ1) is 13.0. The van der Waals surface area contributed by atoms with Crippen molar-refractivity contribution >= 4 is 29.2 Å². The largest absolute Gasteiger partial charge is 0.490 e. The highest BCUT2D eigenvalue weighted by Gasteiger charge is 2.12. The number of nitrogens with one attached hydrogen (secondary N) is 1. The number of carbonyl (C=O) groups is 2. The molecule has 7 heteroatoms. The highest BCUT2D eigenvalue weighted by atomic mass is 35.5. The zero-order chi connectivity index (χ0) is 19.6. The van der Waals surface area contributed by atoms with E-state index in [2.05, 4.69) is 5.32 Å². The van der Waals surface area contributed by atoms with Gasteiger partial charge in [0.2, 0.25) is 0 Å². The maximum absolute atomic E-state index is 12.0. The van der Waals surface area contributed by atoms with E-state index in [1.807, 2.05) is 13.8 Å². The van der Waals surface area contributed by atoms with Crippen molar-refractivity contribution in [1.82, 2.24) is 0 Å². The molecule has 0 aliphatic carbocycles.